The molecule has 0 amide bonds. The average molecular weight is 449 g/mol. The first kappa shape index (κ1) is 23.2. The number of hydrogen-bond acceptors (Lipinski definition) is 0. The zero-order chi connectivity index (χ0) is 23.3. The van der Waals surface area contributed by atoms with Gasteiger partial charge in [-0.2, -0.15) is 0 Å². The van der Waals surface area contributed by atoms with Gasteiger partial charge in [-0.1, -0.05) is 86.2 Å². The van der Waals surface area contributed by atoms with Crippen molar-refractivity contribution in [2.75, 3.05) is 0 Å². The molecule has 3 aromatic rings. The predicted octanol–water partition coefficient (Wildman–Crippen LogP) is 9.43. The zero-order valence-corrected chi connectivity index (χ0v) is 20.9. The second-order valence-electron chi connectivity index (χ2n) is 10.7. The summed E-state index contributed by atoms with van der Waals surface area (Å²) in [6.45, 7) is 6.26. The summed E-state index contributed by atoms with van der Waals surface area (Å²) in [5.74, 6) is 2.12. The molecule has 0 aliphatic heterocycles. The van der Waals surface area contributed by atoms with E-state index in [1.165, 1.54) is 92.0 Å². The second-order valence-corrected chi connectivity index (χ2v) is 10.7. The van der Waals surface area contributed by atoms with E-state index in [0.717, 1.165) is 11.8 Å². The topological polar surface area (TPSA) is 0 Å². The Morgan fingerprint density at radius 1 is 0.735 bits per heavy atom. The number of aryl methyl sites for hydroxylation is 2. The van der Waals surface area contributed by atoms with Gasteiger partial charge in [0.1, 0.15) is 0 Å². The van der Waals surface area contributed by atoms with Crippen molar-refractivity contribution in [3.05, 3.63) is 107 Å². The molecule has 1 unspecified atom stereocenters. The molecule has 5 rings (SSSR count). The highest BCUT2D eigenvalue weighted by Gasteiger charge is 2.22. The molecule has 1 fully saturated rings. The maximum Gasteiger partial charge on any atom is -0.0118 e. The van der Waals surface area contributed by atoms with Crippen LogP contribution in [-0.4, -0.2) is 0 Å². The molecule has 34 heavy (non-hydrogen) atoms. The van der Waals surface area contributed by atoms with Crippen LogP contribution in [0.4, 0.5) is 0 Å². The smallest absolute Gasteiger partial charge is 0.0118 e. The molecule has 1 atom stereocenters. The highest BCUT2D eigenvalue weighted by molar-refractivity contribution is 5.65. The van der Waals surface area contributed by atoms with Crippen molar-refractivity contribution in [3.63, 3.8) is 0 Å². The van der Waals surface area contributed by atoms with Crippen LogP contribution in [0.3, 0.4) is 0 Å². The number of hydrogen-bond donors (Lipinski definition) is 0. The molecule has 0 N–H and O–H groups in total. The van der Waals surface area contributed by atoms with E-state index in [2.05, 4.69) is 86.3 Å². The molecule has 3 aromatic carbocycles. The molecule has 2 aliphatic carbocycles. The molecule has 0 heteroatoms. The van der Waals surface area contributed by atoms with E-state index in [4.69, 9.17) is 0 Å². The lowest BCUT2D eigenvalue weighted by molar-refractivity contribution is 0.376. The lowest BCUT2D eigenvalue weighted by Crippen LogP contribution is -2.13. The Labute approximate surface area is 207 Å². The first-order chi connectivity index (χ1) is 16.7. The minimum Gasteiger partial charge on any atom is -0.103 e. The van der Waals surface area contributed by atoms with Crippen LogP contribution in [0.15, 0.2) is 79.4 Å². The fourth-order valence-electron chi connectivity index (χ4n) is 6.19. The maximum absolute atomic E-state index is 3.99. The molecule has 176 valence electrons. The molecule has 0 saturated heterocycles. The molecule has 0 aromatic heterocycles. The summed E-state index contributed by atoms with van der Waals surface area (Å²) in [4.78, 5) is 0. The molecule has 0 radical (unpaired) electrons. The Bertz CT molecular complexity index is 1080. The number of fused-ring (bicyclic) bond motifs is 1. The average Bonchev–Trinajstić information content (AvgIpc) is 2.92. The van der Waals surface area contributed by atoms with Crippen molar-refractivity contribution in [3.8, 4) is 11.1 Å². The summed E-state index contributed by atoms with van der Waals surface area (Å²) in [6, 6.07) is 26.2. The minimum absolute atomic E-state index is 0.661. The van der Waals surface area contributed by atoms with E-state index in [1.807, 2.05) is 0 Å². The van der Waals surface area contributed by atoms with Crippen LogP contribution in [0.1, 0.15) is 91.5 Å². The first-order valence-electron chi connectivity index (χ1n) is 13.7. The summed E-state index contributed by atoms with van der Waals surface area (Å²) in [5, 5.41) is 0. The van der Waals surface area contributed by atoms with E-state index >= 15 is 0 Å². The Morgan fingerprint density at radius 3 is 2.12 bits per heavy atom. The lowest BCUT2D eigenvalue weighted by Gasteiger charge is -2.27. The van der Waals surface area contributed by atoms with Crippen LogP contribution in [0.2, 0.25) is 0 Å². The van der Waals surface area contributed by atoms with Crippen molar-refractivity contribution in [1.29, 1.82) is 0 Å². The highest BCUT2D eigenvalue weighted by Crippen LogP contribution is 2.38. The van der Waals surface area contributed by atoms with Crippen molar-refractivity contribution in [1.82, 2.24) is 0 Å². The fourth-order valence-corrected chi connectivity index (χ4v) is 6.19. The van der Waals surface area contributed by atoms with E-state index in [1.54, 1.807) is 11.1 Å². The lowest BCUT2D eigenvalue weighted by atomic mass is 9.78. The van der Waals surface area contributed by atoms with Gasteiger partial charge in [0.25, 0.3) is 0 Å². The van der Waals surface area contributed by atoms with Gasteiger partial charge in [-0.3, -0.25) is 0 Å². The standard InChI is InChI=1S/C34H40/c1-3-5-6-26-9-13-29(14-10-26)31-19-21-34-24-32(20-22-33(34)23-31)30-17-15-28(16-18-30)27-11-7-25(4-2)8-12-27/h4,9-10,13-18,20,22,24-25,27,31H,2-3,5-8,11-12,19,21,23H2,1H3. The molecule has 0 heterocycles. The van der Waals surface area contributed by atoms with Crippen LogP contribution in [0.25, 0.3) is 11.1 Å². The van der Waals surface area contributed by atoms with Gasteiger partial charge in [0.2, 0.25) is 0 Å². The normalized spacial score (nSPS) is 22.2. The summed E-state index contributed by atoms with van der Waals surface area (Å²) < 4.78 is 0. The third kappa shape index (κ3) is 5.22. The SMILES string of the molecule is C=CC1CCC(c2ccc(-c3ccc4c(c3)CCC(c3ccc(CCCC)cc3)C4)cc2)CC1. The maximum atomic E-state index is 3.99. The van der Waals surface area contributed by atoms with Crippen LogP contribution in [0, 0.1) is 5.92 Å². The number of rotatable bonds is 7. The van der Waals surface area contributed by atoms with Crippen molar-refractivity contribution >= 4 is 0 Å². The van der Waals surface area contributed by atoms with E-state index in [-0.39, 0.29) is 0 Å². The molecule has 2 aliphatic rings. The van der Waals surface area contributed by atoms with Crippen molar-refractivity contribution < 1.29 is 0 Å². The number of allylic oxidation sites excluding steroid dienone is 1. The van der Waals surface area contributed by atoms with Crippen LogP contribution < -0.4 is 0 Å². The van der Waals surface area contributed by atoms with Gasteiger partial charge in [0, 0.05) is 0 Å². The molecular formula is C34H40. The van der Waals surface area contributed by atoms with Gasteiger partial charge in [-0.05, 0) is 114 Å². The molecule has 0 bridgehead atoms. The van der Waals surface area contributed by atoms with Gasteiger partial charge in [-0.25, -0.2) is 0 Å². The summed E-state index contributed by atoms with van der Waals surface area (Å²) in [5.41, 5.74) is 10.4. The Kier molecular flexibility index (Phi) is 7.33. The van der Waals surface area contributed by atoms with E-state index < -0.39 is 0 Å². The summed E-state index contributed by atoms with van der Waals surface area (Å²) >= 11 is 0. The van der Waals surface area contributed by atoms with Crippen molar-refractivity contribution in [2.45, 2.75) is 83.0 Å². The van der Waals surface area contributed by atoms with Gasteiger partial charge in [0.05, 0.1) is 0 Å². The minimum atomic E-state index is 0.661. The largest absolute Gasteiger partial charge is 0.103 e. The van der Waals surface area contributed by atoms with Gasteiger partial charge >= 0.3 is 0 Å². The van der Waals surface area contributed by atoms with Crippen LogP contribution in [-0.2, 0) is 19.3 Å². The van der Waals surface area contributed by atoms with Crippen molar-refractivity contribution in [2.24, 2.45) is 5.92 Å². The summed E-state index contributed by atoms with van der Waals surface area (Å²) in [6.07, 6.45) is 14.8. The fraction of sp³-hybridized carbons (Fsp3) is 0.412. The zero-order valence-electron chi connectivity index (χ0n) is 20.9. The molecule has 1 saturated carbocycles. The van der Waals surface area contributed by atoms with Gasteiger partial charge in [-0.15, -0.1) is 6.58 Å². The predicted molar refractivity (Wildman–Crippen MR) is 147 cm³/mol. The Hall–Kier alpha value is -2.60. The molecule has 0 spiro atoms. The Balaban J connectivity index is 1.24. The monoisotopic (exact) mass is 448 g/mol. The molecule has 0 nitrogen and oxygen atoms in total. The Morgan fingerprint density at radius 2 is 1.41 bits per heavy atom. The quantitative estimate of drug-likeness (QED) is 0.316. The first-order valence-corrected chi connectivity index (χ1v) is 13.7. The number of unbranched alkanes of at least 4 members (excludes halogenated alkanes) is 1. The van der Waals surface area contributed by atoms with Crippen LogP contribution in [0.5, 0.6) is 0 Å². The third-order valence-corrected chi connectivity index (χ3v) is 8.53. The number of benzene rings is 3. The highest BCUT2D eigenvalue weighted by atomic mass is 14.3. The summed E-state index contributed by atoms with van der Waals surface area (Å²) in [7, 11) is 0. The van der Waals surface area contributed by atoms with E-state index in [9.17, 15) is 0 Å². The molecular weight excluding hydrogens is 408 g/mol. The van der Waals surface area contributed by atoms with Gasteiger partial charge in [0.15, 0.2) is 0 Å². The third-order valence-electron chi connectivity index (χ3n) is 8.53. The van der Waals surface area contributed by atoms with Gasteiger partial charge < -0.3 is 0 Å². The van der Waals surface area contributed by atoms with Crippen LogP contribution >= 0.6 is 0 Å². The van der Waals surface area contributed by atoms with E-state index in [0.29, 0.717) is 5.92 Å². The second kappa shape index (κ2) is 10.8.